The van der Waals surface area contributed by atoms with Crippen LogP contribution in [0.15, 0.2) is 60.7 Å². The quantitative estimate of drug-likeness (QED) is 0.495. The second-order valence-electron chi connectivity index (χ2n) is 7.39. The van der Waals surface area contributed by atoms with E-state index in [0.29, 0.717) is 11.3 Å². The molecule has 1 aromatic heterocycles. The molecule has 1 heterocycles. The monoisotopic (exact) mass is 416 g/mol. The molecule has 0 aliphatic heterocycles. The first kappa shape index (κ1) is 22.0. The van der Waals surface area contributed by atoms with E-state index in [9.17, 15) is 9.59 Å². The molecule has 6 heteroatoms. The number of carbonyl (C=O) groups is 2. The maximum atomic E-state index is 12.8. The van der Waals surface area contributed by atoms with Crippen molar-refractivity contribution in [3.05, 3.63) is 83.2 Å². The van der Waals surface area contributed by atoms with Gasteiger partial charge in [0.1, 0.15) is 0 Å². The fraction of sp³-hybridized carbons (Fsp3) is 0.240. The number of nitrogens with one attached hydrogen (secondary N) is 2. The van der Waals surface area contributed by atoms with Gasteiger partial charge in [-0.15, -0.1) is 0 Å². The molecule has 2 aromatic carbocycles. The molecule has 0 saturated carbocycles. The van der Waals surface area contributed by atoms with E-state index in [-0.39, 0.29) is 11.8 Å². The highest BCUT2D eigenvalue weighted by Crippen LogP contribution is 2.21. The van der Waals surface area contributed by atoms with Crippen molar-refractivity contribution in [1.82, 2.24) is 9.78 Å². The van der Waals surface area contributed by atoms with E-state index >= 15 is 0 Å². The highest BCUT2D eigenvalue weighted by molar-refractivity contribution is 6.07. The van der Waals surface area contributed by atoms with Crippen molar-refractivity contribution in [2.45, 2.75) is 40.2 Å². The fourth-order valence-electron chi connectivity index (χ4n) is 3.25. The van der Waals surface area contributed by atoms with E-state index in [2.05, 4.69) is 22.7 Å². The average Bonchev–Trinajstić information content (AvgIpc) is 3.04. The summed E-state index contributed by atoms with van der Waals surface area (Å²) in [5.41, 5.74) is 4.43. The third-order valence-electron chi connectivity index (χ3n) is 4.96. The SMILES string of the molecule is CCCCn1nc(C)c(NC(=O)c2cccc(NC(=O)/C=C/c3ccccc3)c2)c1C. The Morgan fingerprint density at radius 2 is 1.81 bits per heavy atom. The number of carbonyl (C=O) groups excluding carboxylic acids is 2. The van der Waals surface area contributed by atoms with Crippen LogP contribution in [0.3, 0.4) is 0 Å². The van der Waals surface area contributed by atoms with Gasteiger partial charge in [0.15, 0.2) is 0 Å². The minimum atomic E-state index is -0.259. The maximum Gasteiger partial charge on any atom is 0.255 e. The van der Waals surface area contributed by atoms with Gasteiger partial charge < -0.3 is 10.6 Å². The number of amides is 2. The molecule has 0 radical (unpaired) electrons. The number of aromatic nitrogens is 2. The molecular formula is C25H28N4O2. The van der Waals surface area contributed by atoms with E-state index in [1.165, 1.54) is 6.08 Å². The van der Waals surface area contributed by atoms with Crippen LogP contribution >= 0.6 is 0 Å². The van der Waals surface area contributed by atoms with Crippen LogP contribution < -0.4 is 10.6 Å². The zero-order valence-electron chi connectivity index (χ0n) is 18.2. The third kappa shape index (κ3) is 5.92. The standard InChI is InChI=1S/C25H28N4O2/c1-4-5-16-29-19(3)24(18(2)28-29)27-25(31)21-12-9-13-22(17-21)26-23(30)15-14-20-10-7-6-8-11-20/h6-15,17H,4-5,16H2,1-3H3,(H,26,30)(H,27,31)/b15-14+. The molecule has 0 atom stereocenters. The predicted octanol–water partition coefficient (Wildman–Crippen LogP) is 5.20. The van der Waals surface area contributed by atoms with Crippen molar-refractivity contribution in [3.8, 4) is 0 Å². The molecule has 0 aliphatic rings. The lowest BCUT2D eigenvalue weighted by Crippen LogP contribution is -2.14. The summed E-state index contributed by atoms with van der Waals surface area (Å²) in [6, 6.07) is 16.5. The number of unbranched alkanes of at least 4 members (excludes halogenated alkanes) is 1. The zero-order chi connectivity index (χ0) is 22.2. The third-order valence-corrected chi connectivity index (χ3v) is 4.96. The van der Waals surface area contributed by atoms with Gasteiger partial charge in [0.2, 0.25) is 5.91 Å². The topological polar surface area (TPSA) is 76.0 Å². The molecular weight excluding hydrogens is 388 g/mol. The first-order valence-corrected chi connectivity index (χ1v) is 10.5. The predicted molar refractivity (Wildman–Crippen MR) is 125 cm³/mol. The van der Waals surface area contributed by atoms with Crippen molar-refractivity contribution in [2.24, 2.45) is 0 Å². The fourth-order valence-corrected chi connectivity index (χ4v) is 3.25. The second-order valence-corrected chi connectivity index (χ2v) is 7.39. The Morgan fingerprint density at radius 3 is 2.55 bits per heavy atom. The number of rotatable bonds is 8. The van der Waals surface area contributed by atoms with Crippen molar-refractivity contribution < 1.29 is 9.59 Å². The zero-order valence-corrected chi connectivity index (χ0v) is 18.2. The van der Waals surface area contributed by atoms with Gasteiger partial charge in [0.25, 0.3) is 5.91 Å². The smallest absolute Gasteiger partial charge is 0.255 e. The number of hydrogen-bond acceptors (Lipinski definition) is 3. The molecule has 2 N–H and O–H groups in total. The van der Waals surface area contributed by atoms with Crippen molar-refractivity contribution in [1.29, 1.82) is 0 Å². The van der Waals surface area contributed by atoms with Gasteiger partial charge in [0, 0.05) is 23.9 Å². The molecule has 160 valence electrons. The maximum absolute atomic E-state index is 12.8. The Hall–Kier alpha value is -3.67. The summed E-state index contributed by atoms with van der Waals surface area (Å²) in [6.45, 7) is 6.82. The molecule has 0 saturated heterocycles. The van der Waals surface area contributed by atoms with Crippen LogP contribution in [0.25, 0.3) is 6.08 Å². The highest BCUT2D eigenvalue weighted by atomic mass is 16.2. The molecule has 0 spiro atoms. The lowest BCUT2D eigenvalue weighted by molar-refractivity contribution is -0.111. The van der Waals surface area contributed by atoms with Crippen LogP contribution in [0, 0.1) is 13.8 Å². The van der Waals surface area contributed by atoms with Crippen molar-refractivity contribution in [2.75, 3.05) is 10.6 Å². The summed E-state index contributed by atoms with van der Waals surface area (Å²) in [6.07, 6.45) is 5.34. The first-order valence-electron chi connectivity index (χ1n) is 10.5. The minimum Gasteiger partial charge on any atom is -0.322 e. The Balaban J connectivity index is 1.67. The van der Waals surface area contributed by atoms with Gasteiger partial charge in [-0.3, -0.25) is 14.3 Å². The van der Waals surface area contributed by atoms with Gasteiger partial charge in [-0.2, -0.15) is 5.10 Å². The number of nitrogens with zero attached hydrogens (tertiary/aromatic N) is 2. The Morgan fingerprint density at radius 1 is 1.03 bits per heavy atom. The van der Waals surface area contributed by atoms with E-state index in [4.69, 9.17) is 0 Å². The molecule has 0 unspecified atom stereocenters. The van der Waals surface area contributed by atoms with Crippen molar-refractivity contribution in [3.63, 3.8) is 0 Å². The van der Waals surface area contributed by atoms with Crippen molar-refractivity contribution >= 4 is 29.3 Å². The summed E-state index contributed by atoms with van der Waals surface area (Å²) >= 11 is 0. The van der Waals surface area contributed by atoms with E-state index in [1.54, 1.807) is 30.3 Å². The first-order chi connectivity index (χ1) is 15.0. The summed E-state index contributed by atoms with van der Waals surface area (Å²) in [5, 5.41) is 10.3. The van der Waals surface area contributed by atoms with Crippen LogP contribution in [0.2, 0.25) is 0 Å². The number of benzene rings is 2. The van der Waals surface area contributed by atoms with Gasteiger partial charge in [-0.05, 0) is 50.1 Å². The normalized spacial score (nSPS) is 10.9. The second kappa shape index (κ2) is 10.4. The van der Waals surface area contributed by atoms with Gasteiger partial charge in [0.05, 0.1) is 17.1 Å². The van der Waals surface area contributed by atoms with Gasteiger partial charge in [-0.1, -0.05) is 49.7 Å². The molecule has 2 amide bonds. The van der Waals surface area contributed by atoms with Crippen LogP contribution in [-0.2, 0) is 11.3 Å². The Kier molecular flexibility index (Phi) is 7.38. The molecule has 0 aliphatic carbocycles. The van der Waals surface area contributed by atoms with Crippen LogP contribution in [0.1, 0.15) is 47.1 Å². The van der Waals surface area contributed by atoms with Crippen LogP contribution in [0.5, 0.6) is 0 Å². The Bertz CT molecular complexity index is 1080. The highest BCUT2D eigenvalue weighted by Gasteiger charge is 2.15. The average molecular weight is 417 g/mol. The molecule has 6 nitrogen and oxygen atoms in total. The van der Waals surface area contributed by atoms with Crippen LogP contribution in [-0.4, -0.2) is 21.6 Å². The number of aryl methyl sites for hydroxylation is 2. The van der Waals surface area contributed by atoms with Gasteiger partial charge >= 0.3 is 0 Å². The van der Waals surface area contributed by atoms with E-state index in [1.807, 2.05) is 48.9 Å². The van der Waals surface area contributed by atoms with Gasteiger partial charge in [-0.25, -0.2) is 0 Å². The largest absolute Gasteiger partial charge is 0.322 e. The molecule has 3 aromatic rings. The lowest BCUT2D eigenvalue weighted by atomic mass is 10.1. The summed E-state index contributed by atoms with van der Waals surface area (Å²) < 4.78 is 1.93. The molecule has 0 fully saturated rings. The summed E-state index contributed by atoms with van der Waals surface area (Å²) in [4.78, 5) is 25.0. The van der Waals surface area contributed by atoms with E-state index in [0.717, 1.165) is 42.0 Å². The van der Waals surface area contributed by atoms with E-state index < -0.39 is 0 Å². The number of anilines is 2. The van der Waals surface area contributed by atoms with Crippen LogP contribution in [0.4, 0.5) is 11.4 Å². The minimum absolute atomic E-state index is 0.239. The Labute approximate surface area is 183 Å². The summed E-state index contributed by atoms with van der Waals surface area (Å²) in [5.74, 6) is -0.498. The number of hydrogen-bond donors (Lipinski definition) is 2. The lowest BCUT2D eigenvalue weighted by Gasteiger charge is -2.08. The molecule has 31 heavy (non-hydrogen) atoms. The molecule has 0 bridgehead atoms. The summed E-state index contributed by atoms with van der Waals surface area (Å²) in [7, 11) is 0. The molecule has 3 rings (SSSR count).